The molecule has 3 nitrogen and oxygen atoms in total. The van der Waals surface area contributed by atoms with Crippen LogP contribution in [0.1, 0.15) is 0 Å². The second-order valence-corrected chi connectivity index (χ2v) is 3.94. The zero-order valence-electron chi connectivity index (χ0n) is 8.74. The molecule has 2 aromatic rings. The lowest BCUT2D eigenvalue weighted by molar-refractivity contribution is 0.481. The molecule has 17 heavy (non-hydrogen) atoms. The molecule has 0 saturated carbocycles. The van der Waals surface area contributed by atoms with Crippen molar-refractivity contribution in [2.45, 2.75) is 0 Å². The van der Waals surface area contributed by atoms with E-state index < -0.39 is 0 Å². The van der Waals surface area contributed by atoms with Crippen molar-refractivity contribution in [3.63, 3.8) is 0 Å². The maximum Gasteiger partial charge on any atom is 0.152 e. The summed E-state index contributed by atoms with van der Waals surface area (Å²) < 4.78 is 5.71. The summed E-state index contributed by atoms with van der Waals surface area (Å²) in [6.07, 6.45) is 0. The number of benzene rings is 2. The number of rotatable bonds is 0. The Morgan fingerprint density at radius 2 is 1.82 bits per heavy atom. The summed E-state index contributed by atoms with van der Waals surface area (Å²) in [6.45, 7) is 0. The van der Waals surface area contributed by atoms with E-state index in [9.17, 15) is 0 Å². The fraction of sp³-hybridized carbons (Fsp3) is 0. The maximum absolute atomic E-state index is 6.11. The zero-order valence-corrected chi connectivity index (χ0v) is 10.3. The largest absolute Gasteiger partial charge is 0.453 e. The maximum atomic E-state index is 6.11. The lowest BCUT2D eigenvalue weighted by Gasteiger charge is -2.22. The molecule has 1 aliphatic rings. The zero-order chi connectivity index (χ0) is 11.1. The summed E-state index contributed by atoms with van der Waals surface area (Å²) in [5.41, 5.74) is 7.89. The van der Waals surface area contributed by atoms with Gasteiger partial charge in [0.2, 0.25) is 0 Å². The molecule has 2 aromatic carbocycles. The molecule has 3 rings (SSSR count). The molecule has 1 heterocycles. The van der Waals surface area contributed by atoms with E-state index in [1.54, 1.807) is 12.1 Å². The molecule has 0 spiro atoms. The van der Waals surface area contributed by atoms with Gasteiger partial charge in [-0.05, 0) is 24.3 Å². The van der Waals surface area contributed by atoms with Gasteiger partial charge < -0.3 is 15.8 Å². The van der Waals surface area contributed by atoms with Crippen LogP contribution in [0.4, 0.5) is 17.1 Å². The Balaban J connectivity index is 0.00000108. The predicted molar refractivity (Wildman–Crippen MR) is 72.9 cm³/mol. The molecular formula is C12H10Cl2N2O. The number of para-hydroxylation sites is 2. The highest BCUT2D eigenvalue weighted by Gasteiger charge is 2.19. The van der Waals surface area contributed by atoms with Gasteiger partial charge in [0, 0.05) is 0 Å². The van der Waals surface area contributed by atoms with Gasteiger partial charge >= 0.3 is 0 Å². The van der Waals surface area contributed by atoms with Gasteiger partial charge in [-0.2, -0.15) is 0 Å². The first-order chi connectivity index (χ1) is 7.75. The predicted octanol–water partition coefficient (Wildman–Crippen LogP) is 4.19. The average Bonchev–Trinajstić information content (AvgIpc) is 2.32. The van der Waals surface area contributed by atoms with Crippen molar-refractivity contribution in [1.82, 2.24) is 0 Å². The lowest BCUT2D eigenvalue weighted by atomic mass is 10.2. The Morgan fingerprint density at radius 1 is 1.06 bits per heavy atom. The lowest BCUT2D eigenvalue weighted by Crippen LogP contribution is -2.04. The summed E-state index contributed by atoms with van der Waals surface area (Å²) in [5, 5.41) is 3.71. The monoisotopic (exact) mass is 268 g/mol. The minimum atomic E-state index is 0. The number of ether oxygens (including phenoxy) is 1. The van der Waals surface area contributed by atoms with Gasteiger partial charge in [0.05, 0.1) is 16.4 Å². The molecule has 88 valence electrons. The Bertz CT molecular complexity index is 572. The first-order valence-corrected chi connectivity index (χ1v) is 5.25. The fourth-order valence-corrected chi connectivity index (χ4v) is 1.89. The van der Waals surface area contributed by atoms with Gasteiger partial charge in [-0.25, -0.2) is 0 Å². The summed E-state index contributed by atoms with van der Waals surface area (Å²) in [5.74, 6) is 1.48. The third-order valence-electron chi connectivity index (χ3n) is 2.50. The van der Waals surface area contributed by atoms with Crippen molar-refractivity contribution >= 4 is 41.1 Å². The molecule has 0 radical (unpaired) electrons. The van der Waals surface area contributed by atoms with E-state index in [2.05, 4.69) is 5.32 Å². The summed E-state index contributed by atoms with van der Waals surface area (Å²) in [7, 11) is 0. The summed E-state index contributed by atoms with van der Waals surface area (Å²) in [6, 6.07) is 11.2. The normalized spacial score (nSPS) is 11.4. The van der Waals surface area contributed by atoms with Crippen LogP contribution in [-0.4, -0.2) is 0 Å². The van der Waals surface area contributed by atoms with Gasteiger partial charge in [-0.3, -0.25) is 0 Å². The molecule has 0 unspecified atom stereocenters. The summed E-state index contributed by atoms with van der Waals surface area (Å²) >= 11 is 6.11. The third-order valence-corrected chi connectivity index (χ3v) is 2.91. The van der Waals surface area contributed by atoms with Gasteiger partial charge in [0.1, 0.15) is 5.69 Å². The minimum absolute atomic E-state index is 0. The standard InChI is InChI=1S/C12H9ClN2O.ClH/c13-11-7(14)5-6-10-12(11)15-8-3-1-2-4-9(8)16-10;/h1-6,15H,14H2;1H. The molecule has 0 fully saturated rings. The van der Waals surface area contributed by atoms with Gasteiger partial charge in [0.15, 0.2) is 11.5 Å². The van der Waals surface area contributed by atoms with E-state index in [4.69, 9.17) is 22.1 Å². The third kappa shape index (κ3) is 1.88. The minimum Gasteiger partial charge on any atom is -0.453 e. The van der Waals surface area contributed by atoms with E-state index in [-0.39, 0.29) is 12.4 Å². The SMILES string of the molecule is Cl.Nc1ccc2c(c1Cl)Nc1ccccc1O2. The number of halogens is 2. The number of fused-ring (bicyclic) bond motifs is 2. The highest BCUT2D eigenvalue weighted by atomic mass is 35.5. The Kier molecular flexibility index (Phi) is 3.05. The molecule has 0 aromatic heterocycles. The highest BCUT2D eigenvalue weighted by Crippen LogP contribution is 2.46. The second-order valence-electron chi connectivity index (χ2n) is 3.57. The molecular weight excluding hydrogens is 259 g/mol. The van der Waals surface area contributed by atoms with Crippen molar-refractivity contribution in [3.05, 3.63) is 41.4 Å². The van der Waals surface area contributed by atoms with Gasteiger partial charge in [-0.15, -0.1) is 12.4 Å². The van der Waals surface area contributed by atoms with Crippen molar-refractivity contribution < 1.29 is 4.74 Å². The topological polar surface area (TPSA) is 47.3 Å². The highest BCUT2D eigenvalue weighted by molar-refractivity contribution is 6.36. The number of hydrogen-bond acceptors (Lipinski definition) is 3. The smallest absolute Gasteiger partial charge is 0.152 e. The molecule has 5 heteroatoms. The molecule has 0 aliphatic carbocycles. The van der Waals surface area contributed by atoms with Gasteiger partial charge in [-0.1, -0.05) is 23.7 Å². The van der Waals surface area contributed by atoms with Crippen molar-refractivity contribution in [3.8, 4) is 11.5 Å². The Labute approximate surface area is 110 Å². The molecule has 0 saturated heterocycles. The van der Waals surface area contributed by atoms with E-state index in [1.165, 1.54) is 0 Å². The molecule has 0 bridgehead atoms. The van der Waals surface area contributed by atoms with Gasteiger partial charge in [0.25, 0.3) is 0 Å². The van der Waals surface area contributed by atoms with Crippen molar-refractivity contribution in [1.29, 1.82) is 0 Å². The Morgan fingerprint density at radius 3 is 2.65 bits per heavy atom. The second kappa shape index (κ2) is 4.35. The number of nitrogens with one attached hydrogen (secondary N) is 1. The first-order valence-electron chi connectivity index (χ1n) is 4.87. The summed E-state index contributed by atoms with van der Waals surface area (Å²) in [4.78, 5) is 0. The van der Waals surface area contributed by atoms with E-state index in [0.717, 1.165) is 17.1 Å². The average molecular weight is 269 g/mol. The molecule has 0 atom stereocenters. The number of hydrogen-bond donors (Lipinski definition) is 2. The van der Waals surface area contributed by atoms with E-state index in [0.29, 0.717) is 16.5 Å². The molecule has 1 aliphatic heterocycles. The Hall–Kier alpha value is -1.58. The van der Waals surface area contributed by atoms with Crippen LogP contribution >= 0.6 is 24.0 Å². The van der Waals surface area contributed by atoms with Crippen LogP contribution in [0.2, 0.25) is 5.02 Å². The molecule has 0 amide bonds. The van der Waals surface area contributed by atoms with Crippen molar-refractivity contribution in [2.75, 3.05) is 11.1 Å². The van der Waals surface area contributed by atoms with E-state index in [1.807, 2.05) is 24.3 Å². The molecule has 3 N–H and O–H groups in total. The van der Waals surface area contributed by atoms with Crippen LogP contribution in [0, 0.1) is 0 Å². The van der Waals surface area contributed by atoms with E-state index >= 15 is 0 Å². The van der Waals surface area contributed by atoms with Crippen LogP contribution in [-0.2, 0) is 0 Å². The van der Waals surface area contributed by atoms with Crippen molar-refractivity contribution in [2.24, 2.45) is 0 Å². The number of nitrogen functional groups attached to an aromatic ring is 1. The number of nitrogens with two attached hydrogens (primary N) is 1. The quantitative estimate of drug-likeness (QED) is 0.601. The van der Waals surface area contributed by atoms with Crippen LogP contribution in [0.3, 0.4) is 0 Å². The van der Waals surface area contributed by atoms with Crippen LogP contribution in [0.5, 0.6) is 11.5 Å². The van der Waals surface area contributed by atoms with Crippen LogP contribution in [0.15, 0.2) is 36.4 Å². The number of anilines is 3. The fourth-order valence-electron chi connectivity index (χ4n) is 1.69. The van der Waals surface area contributed by atoms with Crippen LogP contribution < -0.4 is 15.8 Å². The first kappa shape index (κ1) is 11.9. The van der Waals surface area contributed by atoms with Crippen LogP contribution in [0.25, 0.3) is 0 Å².